The number of ether oxygens (including phenoxy) is 2. The summed E-state index contributed by atoms with van der Waals surface area (Å²) in [6.45, 7) is 5.11. The predicted molar refractivity (Wildman–Crippen MR) is 53.3 cm³/mol. The van der Waals surface area contributed by atoms with Crippen LogP contribution in [0.5, 0.6) is 0 Å². The van der Waals surface area contributed by atoms with Crippen molar-refractivity contribution in [3.63, 3.8) is 0 Å². The van der Waals surface area contributed by atoms with Gasteiger partial charge in [0.15, 0.2) is 5.60 Å². The van der Waals surface area contributed by atoms with Gasteiger partial charge >= 0.3 is 5.97 Å². The number of hydrogen-bond donors (Lipinski definition) is 0. The second kappa shape index (κ2) is 6.07. The molecule has 0 aliphatic carbocycles. The Kier molecular flexibility index (Phi) is 5.44. The Hall–Kier alpha value is -1.45. The molecule has 0 atom stereocenters. The van der Waals surface area contributed by atoms with Gasteiger partial charge in [-0.1, -0.05) is 5.92 Å². The lowest BCUT2D eigenvalue weighted by Gasteiger charge is -2.16. The molecule has 14 heavy (non-hydrogen) atoms. The summed E-state index contributed by atoms with van der Waals surface area (Å²) in [7, 11) is 1.56. The van der Waals surface area contributed by atoms with E-state index >= 15 is 0 Å². The van der Waals surface area contributed by atoms with Crippen LogP contribution in [-0.2, 0) is 14.3 Å². The van der Waals surface area contributed by atoms with Crippen molar-refractivity contribution in [3.05, 3.63) is 0 Å². The molecule has 0 aromatic rings. The molecular weight excluding hydrogens is 180 g/mol. The van der Waals surface area contributed by atoms with E-state index in [1.165, 1.54) is 6.92 Å². The molecule has 0 N–H and O–H groups in total. The van der Waals surface area contributed by atoms with Crippen LogP contribution in [-0.4, -0.2) is 25.3 Å². The fraction of sp³-hybridized carbons (Fsp3) is 0.545. The van der Waals surface area contributed by atoms with E-state index in [2.05, 4.69) is 23.7 Å². The summed E-state index contributed by atoms with van der Waals surface area (Å²) in [6, 6.07) is 0. The molecule has 0 spiro atoms. The molecule has 0 heterocycles. The molecule has 0 aromatic carbocycles. The number of methoxy groups -OCH3 is 1. The molecule has 76 valence electrons. The second-order valence-electron chi connectivity index (χ2n) is 3.09. The molecule has 0 saturated carbocycles. The molecule has 0 aliphatic rings. The van der Waals surface area contributed by atoms with Crippen LogP contribution < -0.4 is 0 Å². The molecule has 0 saturated heterocycles. The van der Waals surface area contributed by atoms with Crippen molar-refractivity contribution >= 4 is 5.97 Å². The van der Waals surface area contributed by atoms with Crippen molar-refractivity contribution in [2.45, 2.75) is 26.4 Å². The molecule has 0 fully saturated rings. The maximum atomic E-state index is 10.6. The maximum Gasteiger partial charge on any atom is 0.304 e. The topological polar surface area (TPSA) is 35.5 Å². The van der Waals surface area contributed by atoms with Crippen LogP contribution in [0.15, 0.2) is 0 Å². The lowest BCUT2D eigenvalue weighted by molar-refractivity contribution is -0.148. The maximum absolute atomic E-state index is 10.6. The number of carbonyl (C=O) groups excluding carboxylic acids is 1. The van der Waals surface area contributed by atoms with Gasteiger partial charge in [-0.15, -0.1) is 0 Å². The minimum atomic E-state index is -0.784. The predicted octanol–water partition coefficient (Wildman–Crippen LogP) is 0.981. The van der Waals surface area contributed by atoms with E-state index in [-0.39, 0.29) is 5.97 Å². The molecular formula is C11H14O3. The zero-order valence-corrected chi connectivity index (χ0v) is 8.93. The zero-order valence-electron chi connectivity index (χ0n) is 8.93. The van der Waals surface area contributed by atoms with Gasteiger partial charge in [0.1, 0.15) is 6.61 Å². The van der Waals surface area contributed by atoms with E-state index in [9.17, 15) is 4.79 Å². The van der Waals surface area contributed by atoms with Crippen molar-refractivity contribution in [3.8, 4) is 23.7 Å². The Bertz CT molecular complexity index is 307. The fourth-order valence-electron chi connectivity index (χ4n) is 0.719. The highest BCUT2D eigenvalue weighted by Crippen LogP contribution is 2.06. The quantitative estimate of drug-likeness (QED) is 0.485. The molecule has 0 radical (unpaired) electrons. The van der Waals surface area contributed by atoms with Gasteiger partial charge in [-0.2, -0.15) is 0 Å². The highest BCUT2D eigenvalue weighted by Gasteiger charge is 2.16. The largest absolute Gasteiger partial charge is 0.447 e. The van der Waals surface area contributed by atoms with Crippen molar-refractivity contribution in [2.24, 2.45) is 0 Å². The van der Waals surface area contributed by atoms with Gasteiger partial charge in [0.2, 0.25) is 0 Å². The van der Waals surface area contributed by atoms with Crippen molar-refractivity contribution < 1.29 is 14.3 Å². The summed E-state index contributed by atoms with van der Waals surface area (Å²) in [5, 5.41) is 0. The van der Waals surface area contributed by atoms with E-state index in [0.717, 1.165) is 0 Å². The van der Waals surface area contributed by atoms with Crippen molar-refractivity contribution in [1.82, 2.24) is 0 Å². The SMILES string of the molecule is COCC#CC#CC(C)(C)OC(C)=O. The average molecular weight is 194 g/mol. The third-order valence-corrected chi connectivity index (χ3v) is 1.13. The Morgan fingerprint density at radius 2 is 2.00 bits per heavy atom. The highest BCUT2D eigenvalue weighted by atomic mass is 16.6. The zero-order chi connectivity index (χ0) is 11.0. The normalized spacial score (nSPS) is 9.14. The monoisotopic (exact) mass is 194 g/mol. The fourth-order valence-corrected chi connectivity index (χ4v) is 0.719. The molecule has 0 aliphatic heterocycles. The van der Waals surface area contributed by atoms with Gasteiger partial charge in [-0.3, -0.25) is 4.79 Å². The van der Waals surface area contributed by atoms with Gasteiger partial charge in [0.05, 0.1) is 0 Å². The van der Waals surface area contributed by atoms with E-state index in [0.29, 0.717) is 6.61 Å². The van der Waals surface area contributed by atoms with E-state index < -0.39 is 5.60 Å². The van der Waals surface area contributed by atoms with E-state index in [4.69, 9.17) is 9.47 Å². The smallest absolute Gasteiger partial charge is 0.304 e. The van der Waals surface area contributed by atoms with Crippen LogP contribution in [0.3, 0.4) is 0 Å². The van der Waals surface area contributed by atoms with Gasteiger partial charge in [0.25, 0.3) is 0 Å². The third-order valence-electron chi connectivity index (χ3n) is 1.13. The molecule has 3 heteroatoms. The molecule has 0 bridgehead atoms. The van der Waals surface area contributed by atoms with E-state index in [1.54, 1.807) is 21.0 Å². The van der Waals surface area contributed by atoms with Gasteiger partial charge < -0.3 is 9.47 Å². The summed E-state index contributed by atoms with van der Waals surface area (Å²) < 4.78 is 9.64. The van der Waals surface area contributed by atoms with Crippen LogP contribution in [0.25, 0.3) is 0 Å². The van der Waals surface area contributed by atoms with Crippen LogP contribution in [0.1, 0.15) is 20.8 Å². The first-order valence-electron chi connectivity index (χ1n) is 4.16. The molecule has 3 nitrogen and oxygen atoms in total. The van der Waals surface area contributed by atoms with E-state index in [1.807, 2.05) is 0 Å². The first kappa shape index (κ1) is 12.6. The van der Waals surface area contributed by atoms with Crippen LogP contribution in [0.2, 0.25) is 0 Å². The lowest BCUT2D eigenvalue weighted by atomic mass is 10.1. The van der Waals surface area contributed by atoms with Crippen LogP contribution in [0.4, 0.5) is 0 Å². The third kappa shape index (κ3) is 7.21. The van der Waals surface area contributed by atoms with Crippen LogP contribution in [0, 0.1) is 23.7 Å². The lowest BCUT2D eigenvalue weighted by Crippen LogP contribution is -2.24. The first-order valence-corrected chi connectivity index (χ1v) is 4.16. The number of carbonyl (C=O) groups is 1. The molecule has 0 rings (SSSR count). The Balaban J connectivity index is 4.21. The van der Waals surface area contributed by atoms with Crippen LogP contribution >= 0.6 is 0 Å². The summed E-state index contributed by atoms with van der Waals surface area (Å²) >= 11 is 0. The molecule has 0 aromatic heterocycles. The second-order valence-corrected chi connectivity index (χ2v) is 3.09. The van der Waals surface area contributed by atoms with Gasteiger partial charge in [-0.25, -0.2) is 0 Å². The number of rotatable bonds is 2. The Labute approximate surface area is 84.8 Å². The minimum absolute atomic E-state index is 0.350. The summed E-state index contributed by atoms with van der Waals surface area (Å²) in [5.74, 6) is 10.2. The van der Waals surface area contributed by atoms with Crippen molar-refractivity contribution in [1.29, 1.82) is 0 Å². The van der Waals surface area contributed by atoms with Gasteiger partial charge in [0, 0.05) is 14.0 Å². The standard InChI is InChI=1S/C11H14O3/c1-10(12)14-11(2,3)8-6-5-7-9-13-4/h9H2,1-4H3. The first-order chi connectivity index (χ1) is 6.48. The minimum Gasteiger partial charge on any atom is -0.447 e. The van der Waals surface area contributed by atoms with Gasteiger partial charge in [-0.05, 0) is 31.6 Å². The average Bonchev–Trinajstić information content (AvgIpc) is 2.01. The number of esters is 1. The summed E-state index contributed by atoms with van der Waals surface area (Å²) in [6.07, 6.45) is 0. The highest BCUT2D eigenvalue weighted by molar-refractivity contribution is 5.67. The Morgan fingerprint density at radius 3 is 2.50 bits per heavy atom. The van der Waals surface area contributed by atoms with Crippen molar-refractivity contribution in [2.75, 3.05) is 13.7 Å². The number of hydrogen-bond acceptors (Lipinski definition) is 3. The summed E-state index contributed by atoms with van der Waals surface area (Å²) in [5.41, 5.74) is -0.784. The molecule has 0 amide bonds. The molecule has 0 unspecified atom stereocenters. The summed E-state index contributed by atoms with van der Waals surface area (Å²) in [4.78, 5) is 10.6. The Morgan fingerprint density at radius 1 is 1.36 bits per heavy atom.